The van der Waals surface area contributed by atoms with E-state index in [0.29, 0.717) is 5.82 Å². The standard InChI is InChI=1S/C13H24N6O/c1-3-4-11-12(16-9-17-13(11)18-14)15-7-10-8-19(2)5-6-20-10/h9-10H,3-8,14H2,1-2H3,(H2,15,16,17,18). The Morgan fingerprint density at radius 1 is 1.45 bits per heavy atom. The molecule has 1 atom stereocenters. The van der Waals surface area contributed by atoms with Crippen LogP contribution in [0.1, 0.15) is 18.9 Å². The first kappa shape index (κ1) is 15.0. The number of hydrogen-bond acceptors (Lipinski definition) is 7. The number of ether oxygens (including phenoxy) is 1. The monoisotopic (exact) mass is 280 g/mol. The van der Waals surface area contributed by atoms with Gasteiger partial charge in [0.2, 0.25) is 0 Å². The molecule has 7 nitrogen and oxygen atoms in total. The molecule has 112 valence electrons. The van der Waals surface area contributed by atoms with Gasteiger partial charge >= 0.3 is 0 Å². The lowest BCUT2D eigenvalue weighted by Crippen LogP contribution is -2.43. The highest BCUT2D eigenvalue weighted by Crippen LogP contribution is 2.21. The Hall–Kier alpha value is -1.44. The highest BCUT2D eigenvalue weighted by atomic mass is 16.5. The first-order valence-electron chi connectivity index (χ1n) is 7.09. The fourth-order valence-corrected chi connectivity index (χ4v) is 2.38. The summed E-state index contributed by atoms with van der Waals surface area (Å²) >= 11 is 0. The normalized spacial score (nSPS) is 19.9. The summed E-state index contributed by atoms with van der Waals surface area (Å²) in [5, 5.41) is 3.36. The summed E-state index contributed by atoms with van der Waals surface area (Å²) in [4.78, 5) is 10.8. The molecule has 7 heteroatoms. The molecule has 0 aromatic carbocycles. The summed E-state index contributed by atoms with van der Waals surface area (Å²) in [6.45, 7) is 5.57. The number of nitrogens with zero attached hydrogens (tertiary/aromatic N) is 3. The van der Waals surface area contributed by atoms with Crippen LogP contribution in [0.3, 0.4) is 0 Å². The average Bonchev–Trinajstić information content (AvgIpc) is 2.46. The third-order valence-electron chi connectivity index (χ3n) is 3.42. The third-order valence-corrected chi connectivity index (χ3v) is 3.42. The summed E-state index contributed by atoms with van der Waals surface area (Å²) in [7, 11) is 2.11. The molecule has 1 fully saturated rings. The molecular formula is C13H24N6O. The summed E-state index contributed by atoms with van der Waals surface area (Å²) in [6.07, 6.45) is 3.60. The van der Waals surface area contributed by atoms with Crippen LogP contribution in [-0.4, -0.2) is 54.3 Å². The number of nitrogens with one attached hydrogen (secondary N) is 2. The Labute approximate surface area is 119 Å². The quantitative estimate of drug-likeness (QED) is 0.515. The van der Waals surface area contributed by atoms with Crippen LogP contribution in [0.2, 0.25) is 0 Å². The fourth-order valence-electron chi connectivity index (χ4n) is 2.38. The van der Waals surface area contributed by atoms with Crippen LogP contribution in [0.25, 0.3) is 0 Å². The van der Waals surface area contributed by atoms with Crippen molar-refractivity contribution < 1.29 is 4.74 Å². The molecule has 4 N–H and O–H groups in total. The molecule has 0 bridgehead atoms. The van der Waals surface area contributed by atoms with E-state index in [-0.39, 0.29) is 6.10 Å². The van der Waals surface area contributed by atoms with Crippen molar-refractivity contribution in [3.63, 3.8) is 0 Å². The van der Waals surface area contributed by atoms with E-state index in [1.807, 2.05) is 0 Å². The van der Waals surface area contributed by atoms with E-state index < -0.39 is 0 Å². The summed E-state index contributed by atoms with van der Waals surface area (Å²) < 4.78 is 5.74. The molecule has 0 saturated carbocycles. The minimum Gasteiger partial charge on any atom is -0.374 e. The largest absolute Gasteiger partial charge is 0.374 e. The molecule has 1 unspecified atom stereocenters. The number of anilines is 2. The maximum absolute atomic E-state index is 5.74. The molecule has 2 heterocycles. The number of rotatable bonds is 6. The van der Waals surface area contributed by atoms with Crippen molar-refractivity contribution in [3.05, 3.63) is 11.9 Å². The van der Waals surface area contributed by atoms with Crippen LogP contribution in [-0.2, 0) is 11.2 Å². The lowest BCUT2D eigenvalue weighted by molar-refractivity contribution is -0.0117. The molecule has 0 aliphatic carbocycles. The molecular weight excluding hydrogens is 256 g/mol. The molecule has 0 amide bonds. The van der Waals surface area contributed by atoms with Crippen molar-refractivity contribution in [1.29, 1.82) is 0 Å². The average molecular weight is 280 g/mol. The number of hydrazine groups is 1. The zero-order chi connectivity index (χ0) is 14.4. The summed E-state index contributed by atoms with van der Waals surface area (Å²) in [6, 6.07) is 0. The van der Waals surface area contributed by atoms with Crippen LogP contribution in [0, 0.1) is 0 Å². The van der Waals surface area contributed by atoms with Gasteiger partial charge < -0.3 is 20.4 Å². The molecule has 1 aromatic rings. The van der Waals surface area contributed by atoms with Crippen molar-refractivity contribution in [3.8, 4) is 0 Å². The van der Waals surface area contributed by atoms with E-state index in [4.69, 9.17) is 10.6 Å². The van der Waals surface area contributed by atoms with Crippen molar-refractivity contribution in [2.24, 2.45) is 5.84 Å². The van der Waals surface area contributed by atoms with Gasteiger partial charge in [-0.1, -0.05) is 13.3 Å². The second kappa shape index (κ2) is 7.37. The minimum absolute atomic E-state index is 0.187. The van der Waals surface area contributed by atoms with E-state index >= 15 is 0 Å². The van der Waals surface area contributed by atoms with Gasteiger partial charge in [0, 0.05) is 25.2 Å². The minimum atomic E-state index is 0.187. The van der Waals surface area contributed by atoms with Crippen LogP contribution in [0.5, 0.6) is 0 Å². The van der Waals surface area contributed by atoms with E-state index in [1.165, 1.54) is 6.33 Å². The van der Waals surface area contributed by atoms with Gasteiger partial charge in [-0.2, -0.15) is 0 Å². The van der Waals surface area contributed by atoms with Gasteiger partial charge in [-0.3, -0.25) is 0 Å². The van der Waals surface area contributed by atoms with Crippen molar-refractivity contribution in [2.75, 3.05) is 44.0 Å². The molecule has 1 aromatic heterocycles. The molecule has 20 heavy (non-hydrogen) atoms. The number of morpholine rings is 1. The van der Waals surface area contributed by atoms with Gasteiger partial charge in [0.1, 0.15) is 18.0 Å². The number of nitrogens with two attached hydrogens (primary N) is 1. The van der Waals surface area contributed by atoms with E-state index in [1.54, 1.807) is 0 Å². The van der Waals surface area contributed by atoms with E-state index in [2.05, 4.69) is 39.6 Å². The van der Waals surface area contributed by atoms with Crippen LogP contribution in [0.4, 0.5) is 11.6 Å². The Balaban J connectivity index is 2.01. The number of nitrogen functional groups attached to an aromatic ring is 1. The second-order valence-electron chi connectivity index (χ2n) is 5.08. The second-order valence-corrected chi connectivity index (χ2v) is 5.08. The zero-order valence-corrected chi connectivity index (χ0v) is 12.2. The fraction of sp³-hybridized carbons (Fsp3) is 0.692. The molecule has 0 radical (unpaired) electrons. The van der Waals surface area contributed by atoms with Crippen LogP contribution in [0.15, 0.2) is 6.33 Å². The van der Waals surface area contributed by atoms with Gasteiger partial charge in [-0.15, -0.1) is 0 Å². The lowest BCUT2D eigenvalue weighted by atomic mass is 10.1. The molecule has 1 aliphatic heterocycles. The van der Waals surface area contributed by atoms with Gasteiger partial charge in [0.15, 0.2) is 0 Å². The SMILES string of the molecule is CCCc1c(NN)ncnc1NCC1CN(C)CCO1. The van der Waals surface area contributed by atoms with Gasteiger partial charge in [0.05, 0.1) is 12.7 Å². The smallest absolute Gasteiger partial charge is 0.148 e. The molecule has 2 rings (SSSR count). The summed E-state index contributed by atoms with van der Waals surface area (Å²) in [5.41, 5.74) is 3.66. The number of hydrogen-bond donors (Lipinski definition) is 3. The Bertz CT molecular complexity index is 427. The van der Waals surface area contributed by atoms with Crippen molar-refractivity contribution >= 4 is 11.6 Å². The van der Waals surface area contributed by atoms with Gasteiger partial charge in [-0.25, -0.2) is 15.8 Å². The van der Waals surface area contributed by atoms with Crippen molar-refractivity contribution in [2.45, 2.75) is 25.9 Å². The first-order chi connectivity index (χ1) is 9.74. The highest BCUT2D eigenvalue weighted by Gasteiger charge is 2.18. The lowest BCUT2D eigenvalue weighted by Gasteiger charge is -2.30. The Kier molecular flexibility index (Phi) is 5.51. The predicted molar refractivity (Wildman–Crippen MR) is 79.6 cm³/mol. The maximum atomic E-state index is 5.74. The van der Waals surface area contributed by atoms with E-state index in [0.717, 1.165) is 50.5 Å². The zero-order valence-electron chi connectivity index (χ0n) is 12.2. The van der Waals surface area contributed by atoms with Gasteiger partial charge in [0.25, 0.3) is 0 Å². The maximum Gasteiger partial charge on any atom is 0.148 e. The molecule has 1 aliphatic rings. The number of likely N-dealkylation sites (N-methyl/N-ethyl adjacent to an activating group) is 1. The highest BCUT2D eigenvalue weighted by molar-refractivity contribution is 5.56. The summed E-state index contributed by atoms with van der Waals surface area (Å²) in [5.74, 6) is 7.03. The van der Waals surface area contributed by atoms with Crippen molar-refractivity contribution in [1.82, 2.24) is 14.9 Å². The van der Waals surface area contributed by atoms with E-state index in [9.17, 15) is 0 Å². The molecule has 0 spiro atoms. The topological polar surface area (TPSA) is 88.3 Å². The third kappa shape index (κ3) is 3.78. The number of aromatic nitrogens is 2. The predicted octanol–water partition coefficient (Wildman–Crippen LogP) is 0.457. The first-order valence-corrected chi connectivity index (χ1v) is 7.09. The van der Waals surface area contributed by atoms with Gasteiger partial charge in [-0.05, 0) is 13.5 Å². The Morgan fingerprint density at radius 2 is 2.25 bits per heavy atom. The van der Waals surface area contributed by atoms with Crippen LogP contribution >= 0.6 is 0 Å². The van der Waals surface area contributed by atoms with Crippen LogP contribution < -0.4 is 16.6 Å². The molecule has 1 saturated heterocycles. The Morgan fingerprint density at radius 3 is 2.95 bits per heavy atom.